The van der Waals surface area contributed by atoms with Crippen LogP contribution < -0.4 is 21.3 Å². The highest BCUT2D eigenvalue weighted by Gasteiger charge is 2.71. The van der Waals surface area contributed by atoms with Crippen molar-refractivity contribution in [3.63, 3.8) is 0 Å². The monoisotopic (exact) mass is 1100 g/mol. The summed E-state index contributed by atoms with van der Waals surface area (Å²) in [6, 6.07) is -6.33. The molecule has 4 rings (SSSR count). The molecule has 2 aliphatic heterocycles. The van der Waals surface area contributed by atoms with Crippen LogP contribution in [0.15, 0.2) is 0 Å². The van der Waals surface area contributed by atoms with E-state index < -0.39 is 119 Å². The average molecular weight is 1100 g/mol. The molecule has 0 radical (unpaired) electrons. The van der Waals surface area contributed by atoms with Gasteiger partial charge in [-0.1, -0.05) is 111 Å². The third-order valence-electron chi connectivity index (χ3n) is 16.6. The Labute approximate surface area is 450 Å². The Morgan fingerprint density at radius 2 is 0.840 bits per heavy atom. The fourth-order valence-electron chi connectivity index (χ4n) is 10.5. The van der Waals surface area contributed by atoms with E-state index in [0.717, 1.165) is 0 Å². The Hall–Kier alpha value is -3.76. The van der Waals surface area contributed by atoms with Crippen LogP contribution in [0.5, 0.6) is 0 Å². The van der Waals surface area contributed by atoms with E-state index in [1.165, 1.54) is 34.7 Å². The van der Waals surface area contributed by atoms with Crippen LogP contribution in [-0.2, 0) is 44.0 Å². The quantitative estimate of drug-likeness (QED) is 0.134. The number of amides is 6. The molecule has 20 nitrogen and oxygen atoms in total. The fourth-order valence-corrected chi connectivity index (χ4v) is 14.6. The van der Waals surface area contributed by atoms with Gasteiger partial charge >= 0.3 is 24.0 Å². The largest absolute Gasteiger partial charge is 0.480 e. The maximum absolute atomic E-state index is 13.8. The number of nitrogens with zero attached hydrogens (tertiary/aromatic N) is 4. The molecule has 0 bridgehead atoms. The highest BCUT2D eigenvalue weighted by molar-refractivity contribution is 7.89. The van der Waals surface area contributed by atoms with Gasteiger partial charge in [-0.3, -0.25) is 9.59 Å². The van der Waals surface area contributed by atoms with Gasteiger partial charge in [0.15, 0.2) is 0 Å². The summed E-state index contributed by atoms with van der Waals surface area (Å²) in [5, 5.41) is 21.1. The number of piperidine rings is 2. The number of sulfonamides is 2. The summed E-state index contributed by atoms with van der Waals surface area (Å²) >= 11 is 0. The number of fused-ring (bicyclic) bond motifs is 2. The van der Waals surface area contributed by atoms with Crippen LogP contribution in [0.2, 0.25) is 0 Å². The minimum Gasteiger partial charge on any atom is -0.480 e. The molecule has 0 aromatic carbocycles. The van der Waals surface area contributed by atoms with Crippen LogP contribution in [0.1, 0.15) is 152 Å². The van der Waals surface area contributed by atoms with Crippen molar-refractivity contribution in [2.75, 3.05) is 45.8 Å². The van der Waals surface area contributed by atoms with Crippen molar-refractivity contribution >= 4 is 55.9 Å². The molecule has 0 spiro atoms. The van der Waals surface area contributed by atoms with E-state index >= 15 is 0 Å². The molecule has 2 saturated heterocycles. The first-order valence-electron chi connectivity index (χ1n) is 26.2. The summed E-state index contributed by atoms with van der Waals surface area (Å²) in [6.07, 6.45) is 0. The van der Waals surface area contributed by atoms with Crippen LogP contribution in [0, 0.1) is 56.2 Å². The van der Waals surface area contributed by atoms with Gasteiger partial charge in [0, 0.05) is 50.1 Å². The third kappa shape index (κ3) is 14.9. The zero-order valence-electron chi connectivity index (χ0n) is 50.1. The molecule has 4 fully saturated rings. The van der Waals surface area contributed by atoms with Crippen molar-refractivity contribution in [3.8, 4) is 0 Å². The lowest BCUT2D eigenvalue weighted by atomic mass is 9.85. The highest BCUT2D eigenvalue weighted by Crippen LogP contribution is 2.66. The Balaban J connectivity index is 0.000000395. The summed E-state index contributed by atoms with van der Waals surface area (Å²) in [6.45, 7) is 41.8. The van der Waals surface area contributed by atoms with Crippen LogP contribution in [0.3, 0.4) is 0 Å². The second-order valence-corrected chi connectivity index (χ2v) is 33.2. The first-order valence-corrected chi connectivity index (χ1v) is 29.4. The van der Waals surface area contributed by atoms with E-state index in [1.54, 1.807) is 67.2 Å². The number of hydrogen-bond acceptors (Lipinski definition) is 11. The van der Waals surface area contributed by atoms with Gasteiger partial charge < -0.3 is 40.9 Å². The van der Waals surface area contributed by atoms with Crippen LogP contribution in [0.25, 0.3) is 0 Å². The van der Waals surface area contributed by atoms with Crippen molar-refractivity contribution in [1.82, 2.24) is 39.7 Å². The number of urea groups is 2. The predicted octanol–water partition coefficient (Wildman–Crippen LogP) is 5.57. The first kappa shape index (κ1) is 65.5. The minimum absolute atomic E-state index is 0.0172. The van der Waals surface area contributed by atoms with Crippen LogP contribution >= 0.6 is 0 Å². The molecule has 2 saturated carbocycles. The van der Waals surface area contributed by atoms with E-state index in [4.69, 9.17) is 4.74 Å². The van der Waals surface area contributed by atoms with Gasteiger partial charge in [0.2, 0.25) is 31.9 Å². The number of carboxylic acid groups (broad SMARTS) is 1. The van der Waals surface area contributed by atoms with Crippen molar-refractivity contribution in [3.05, 3.63) is 0 Å². The molecule has 4 aliphatic rings. The highest BCUT2D eigenvalue weighted by atomic mass is 32.2. The van der Waals surface area contributed by atoms with E-state index in [2.05, 4.69) is 35.1 Å². The molecule has 0 aromatic rings. The van der Waals surface area contributed by atoms with Gasteiger partial charge in [-0.15, -0.1) is 0 Å². The van der Waals surface area contributed by atoms with Gasteiger partial charge in [-0.05, 0) is 85.9 Å². The lowest BCUT2D eigenvalue weighted by Crippen LogP contribution is -2.61. The third-order valence-corrected chi connectivity index (χ3v) is 20.9. The molecular formula is C53H98N8O12S2. The SMILES string of the molecule is CN(C(C)(C)C)S(=O)(=O)C[C@@H](NC(=O)N[C@H](C(=O)N1C[C@H]2C([C@H]1C(=O)O)C2(C)C)C(C)(C)C)C(C)(C)C.COC(=O)[C@@H]1C2[C@H](CN1C(=O)[C@@H](NC(=O)N[C@H](CS(=O)(=O)N(C)C(C)(C)C)C(C)(C)C)C(C)(C)C)C2(C)C. The summed E-state index contributed by atoms with van der Waals surface area (Å²) in [5.74, 6) is -2.66. The van der Waals surface area contributed by atoms with E-state index in [-0.39, 0.29) is 51.9 Å². The van der Waals surface area contributed by atoms with Gasteiger partial charge in [-0.2, -0.15) is 8.61 Å². The average Bonchev–Trinajstić information content (AvgIpc) is 3.66. The number of rotatable bonds is 14. The molecule has 75 heavy (non-hydrogen) atoms. The second kappa shape index (κ2) is 21.5. The molecule has 22 heteroatoms. The smallest absolute Gasteiger partial charge is 0.328 e. The lowest BCUT2D eigenvalue weighted by molar-refractivity contribution is -0.154. The summed E-state index contributed by atoms with van der Waals surface area (Å²) in [7, 11) is -3.04. The number of nitrogens with one attached hydrogen (secondary N) is 4. The van der Waals surface area contributed by atoms with Gasteiger partial charge in [-0.25, -0.2) is 36.0 Å². The molecular weight excluding hydrogens is 1000 g/mol. The van der Waals surface area contributed by atoms with Gasteiger partial charge in [0.05, 0.1) is 30.7 Å². The minimum atomic E-state index is -3.71. The van der Waals surface area contributed by atoms with Crippen LogP contribution in [0.4, 0.5) is 9.59 Å². The number of hydrogen-bond donors (Lipinski definition) is 5. The van der Waals surface area contributed by atoms with Crippen molar-refractivity contribution < 1.29 is 55.4 Å². The zero-order chi connectivity index (χ0) is 58.9. The second-order valence-electron chi connectivity index (χ2n) is 29.1. The zero-order valence-corrected chi connectivity index (χ0v) is 51.8. The normalized spacial score (nSPS) is 25.1. The topological polar surface area (TPSA) is 261 Å². The maximum Gasteiger partial charge on any atom is 0.328 e. The number of esters is 1. The molecule has 6 amide bonds. The summed E-state index contributed by atoms with van der Waals surface area (Å²) in [5.41, 5.74) is -3.99. The Morgan fingerprint density at radius 1 is 0.547 bits per heavy atom. The van der Waals surface area contributed by atoms with Gasteiger partial charge in [0.25, 0.3) is 0 Å². The lowest BCUT2D eigenvalue weighted by Gasteiger charge is -2.38. The van der Waals surface area contributed by atoms with Crippen molar-refractivity contribution in [2.24, 2.45) is 56.2 Å². The number of aliphatic carboxylic acids is 1. The number of carbonyl (C=O) groups excluding carboxylic acids is 5. The number of carbonyl (C=O) groups is 6. The number of likely N-dealkylation sites (tertiary alicyclic amines) is 2. The van der Waals surface area contributed by atoms with Gasteiger partial charge in [0.1, 0.15) is 24.2 Å². The predicted molar refractivity (Wildman–Crippen MR) is 291 cm³/mol. The molecule has 0 aromatic heterocycles. The number of ether oxygens (including phenoxy) is 1. The van der Waals surface area contributed by atoms with Crippen LogP contribution in [-0.4, -0.2) is 169 Å². The molecule has 5 N–H and O–H groups in total. The summed E-state index contributed by atoms with van der Waals surface area (Å²) in [4.78, 5) is 81.7. The Kier molecular flexibility index (Phi) is 18.8. The molecule has 434 valence electrons. The Bertz CT molecular complexity index is 2380. The molecule has 2 aliphatic carbocycles. The maximum atomic E-state index is 13.8. The fraction of sp³-hybridized carbons (Fsp3) is 0.887. The molecule has 2 heterocycles. The Morgan fingerprint density at radius 3 is 1.09 bits per heavy atom. The molecule has 10 atom stereocenters. The van der Waals surface area contributed by atoms with E-state index in [9.17, 15) is 50.7 Å². The standard InChI is InChI=1S/C27H50N4O6S.C26H48N4O6S/c1-24(2,3)17(15-38(35,36)30(12)26(7,8)9)28-23(34)29-20(25(4,5)6)21(32)31-14-16-18(27(16,10)11)19(31)22(33)37-13;1-23(2,3)16(14-37(35,36)29(12)25(7,8)9)27-22(34)28-19(24(4,5)6)20(31)30-13-15-17(26(15,10)11)18(30)21(32)33/h16-20H,14-15H2,1-13H3,(H2,28,29,34);15-19H,13-14H2,1-12H3,(H,32,33)(H2,27,28,34)/t16-,17+,18?,19-,20+;15-,16+,17?,18-,19+/m00/s1. The number of methoxy groups -OCH3 is 1. The summed E-state index contributed by atoms with van der Waals surface area (Å²) < 4.78 is 60.1. The van der Waals surface area contributed by atoms with Crippen molar-refractivity contribution in [1.29, 1.82) is 0 Å². The van der Waals surface area contributed by atoms with E-state index in [1.807, 2.05) is 76.2 Å². The molecule has 2 unspecified atom stereocenters. The first-order chi connectivity index (χ1) is 33.2. The van der Waals surface area contributed by atoms with E-state index in [0.29, 0.717) is 13.1 Å². The number of carboxylic acids is 1. The van der Waals surface area contributed by atoms with Crippen molar-refractivity contribution in [2.45, 2.75) is 200 Å².